The topological polar surface area (TPSA) is 129 Å². The van der Waals surface area contributed by atoms with Gasteiger partial charge in [-0.3, -0.25) is 23.7 Å². The molecule has 0 aliphatic carbocycles. The number of rotatable bonds is 11. The third kappa shape index (κ3) is 6.55. The summed E-state index contributed by atoms with van der Waals surface area (Å²) in [6, 6.07) is 8.56. The van der Waals surface area contributed by atoms with E-state index < -0.39 is 79.2 Å². The Labute approximate surface area is 221 Å². The summed E-state index contributed by atoms with van der Waals surface area (Å²) in [5, 5.41) is 10.5. The summed E-state index contributed by atoms with van der Waals surface area (Å²) >= 11 is 4.93. The Morgan fingerprint density at radius 1 is 1.26 bits per heavy atom. The highest BCUT2D eigenvalue weighted by Crippen LogP contribution is 2.54. The van der Waals surface area contributed by atoms with Crippen LogP contribution in [0.25, 0.3) is 0 Å². The molecule has 0 saturated carbocycles. The number of carbonyl (C=O) groups is 1. The van der Waals surface area contributed by atoms with Gasteiger partial charge >= 0.3 is 13.6 Å². The third-order valence-electron chi connectivity index (χ3n) is 5.59. The number of carbonyl (C=O) groups excluding carboxylic acids is 1. The number of ether oxygens (including phenoxy) is 2. The number of benzene rings is 1. The maximum absolute atomic E-state index is 15.9. The highest BCUT2D eigenvalue weighted by Gasteiger charge is 2.67. The first-order valence-electron chi connectivity index (χ1n) is 11.5. The lowest BCUT2D eigenvalue weighted by Gasteiger charge is -2.28. The van der Waals surface area contributed by atoms with E-state index in [2.05, 4.69) is 4.98 Å². The van der Waals surface area contributed by atoms with Gasteiger partial charge in [-0.1, -0.05) is 25.1 Å². The van der Waals surface area contributed by atoms with Crippen LogP contribution in [-0.4, -0.2) is 63.8 Å². The van der Waals surface area contributed by atoms with Gasteiger partial charge < -0.3 is 19.1 Å². The molecule has 2 unspecified atom stereocenters. The van der Waals surface area contributed by atoms with Gasteiger partial charge in [-0.2, -0.15) is 0 Å². The number of aliphatic hydroxyl groups excluding tert-OH is 1. The van der Waals surface area contributed by atoms with Crippen LogP contribution in [0.15, 0.2) is 47.4 Å². The van der Waals surface area contributed by atoms with Gasteiger partial charge in [-0.05, 0) is 38.2 Å². The number of alkyl halides is 3. The summed E-state index contributed by atoms with van der Waals surface area (Å²) in [5.74, 6) is -5.13. The zero-order valence-corrected chi connectivity index (χ0v) is 22.4. The number of esters is 1. The number of aliphatic hydroxyl groups is 1. The van der Waals surface area contributed by atoms with Crippen molar-refractivity contribution in [3.05, 3.63) is 57.7 Å². The second kappa shape index (κ2) is 11.7. The van der Waals surface area contributed by atoms with E-state index in [0.29, 0.717) is 0 Å². The molecule has 0 amide bonds. The minimum atomic E-state index is -4.40. The molecule has 3 rings (SSSR count). The predicted molar refractivity (Wildman–Crippen MR) is 132 cm³/mol. The van der Waals surface area contributed by atoms with Crippen molar-refractivity contribution in [1.82, 2.24) is 9.55 Å². The smallest absolute Gasteiger partial charge is 0.380 e. The monoisotopic (exact) mass is 580 g/mol. The molecule has 1 saturated heterocycles. The molecule has 6 atom stereocenters. The fourth-order valence-electron chi connectivity index (χ4n) is 3.70. The number of aromatic nitrogens is 2. The number of aromatic amines is 1. The Morgan fingerprint density at radius 3 is 2.50 bits per heavy atom. The normalized spacial score (nSPS) is 27.6. The molecule has 0 bridgehead atoms. The number of hydrogen-bond acceptors (Lipinski definition) is 9. The van der Waals surface area contributed by atoms with Crippen molar-refractivity contribution in [3.63, 3.8) is 0 Å². The molecule has 1 aromatic heterocycles. The van der Waals surface area contributed by atoms with Gasteiger partial charge in [0, 0.05) is 12.3 Å². The van der Waals surface area contributed by atoms with Crippen LogP contribution in [0.1, 0.15) is 27.0 Å². The molecule has 1 fully saturated rings. The molecule has 0 spiro atoms. The summed E-state index contributed by atoms with van der Waals surface area (Å²) < 4.78 is 80.3. The van der Waals surface area contributed by atoms with E-state index in [0.717, 1.165) is 16.8 Å². The summed E-state index contributed by atoms with van der Waals surface area (Å²) in [7, 11) is -4.40. The van der Waals surface area contributed by atoms with E-state index in [1.54, 1.807) is 32.0 Å². The Hall–Kier alpha value is -2.51. The van der Waals surface area contributed by atoms with Crippen LogP contribution in [0, 0.1) is 10.7 Å². The summed E-state index contributed by atoms with van der Waals surface area (Å²) in [4.78, 5) is 25.9. The molecule has 210 valence electrons. The van der Waals surface area contributed by atoms with Crippen LogP contribution in [-0.2, 0) is 23.4 Å². The molecule has 10 nitrogen and oxygen atoms in total. The predicted octanol–water partition coefficient (Wildman–Crippen LogP) is 4.02. The van der Waals surface area contributed by atoms with Crippen LogP contribution >= 0.6 is 19.8 Å². The zero-order valence-electron chi connectivity index (χ0n) is 20.7. The molecule has 38 heavy (non-hydrogen) atoms. The lowest BCUT2D eigenvalue weighted by molar-refractivity contribution is -0.203. The van der Waals surface area contributed by atoms with Crippen LogP contribution in [0.4, 0.5) is 13.2 Å². The molecular weight excluding hydrogens is 552 g/mol. The van der Waals surface area contributed by atoms with Gasteiger partial charge in [-0.15, -0.1) is 0 Å². The number of nitrogens with zero attached hydrogens (tertiary/aromatic N) is 1. The summed E-state index contributed by atoms with van der Waals surface area (Å²) in [6.45, 7) is 1.35. The average molecular weight is 581 g/mol. The van der Waals surface area contributed by atoms with Crippen molar-refractivity contribution in [1.29, 1.82) is 0 Å². The van der Waals surface area contributed by atoms with Gasteiger partial charge in [0.1, 0.15) is 19.0 Å². The Morgan fingerprint density at radius 2 is 1.92 bits per heavy atom. The fourth-order valence-corrected chi connectivity index (χ4v) is 5.82. The molecule has 2 heterocycles. The van der Waals surface area contributed by atoms with Crippen molar-refractivity contribution in [3.8, 4) is 5.75 Å². The second-order valence-electron chi connectivity index (χ2n) is 9.09. The van der Waals surface area contributed by atoms with Crippen molar-refractivity contribution < 1.29 is 46.2 Å². The standard InChI is InChI=1S/C23H28F3N2O8PS/c1-14(2)34-18(30)15(3)11-37(32,36-16-7-5-4-6-8-16)33-13-23(26)19(31)22(25,12-24)20(35-23)28-10-9-17(29)27-21(28)38/h4-10,14-15,19-20,31H,11-13H2,1-3H3,(H,27,29,38)/t15-,19-,20-,22?,23-,37?/m1/s1. The number of para-hydroxylation sites is 1. The molecular formula is C23H28F3N2O8PS. The van der Waals surface area contributed by atoms with Crippen LogP contribution in [0.5, 0.6) is 5.75 Å². The Balaban J connectivity index is 1.89. The van der Waals surface area contributed by atoms with Crippen molar-refractivity contribution in [2.75, 3.05) is 19.4 Å². The SMILES string of the molecule is CC(C)OC(=O)[C@H](C)CP(=O)(OC[C@@]1(F)O[C@@H](n2ccc(=O)[nH]c2=S)C(F)(CF)[C@H]1O)Oc1ccccc1. The Kier molecular flexibility index (Phi) is 9.25. The van der Waals surface area contributed by atoms with Gasteiger partial charge in [0.05, 0.1) is 18.2 Å². The lowest BCUT2D eigenvalue weighted by atomic mass is 9.96. The number of H-pyrrole nitrogens is 1. The van der Waals surface area contributed by atoms with Crippen LogP contribution in [0.3, 0.4) is 0 Å². The molecule has 1 aromatic carbocycles. The van der Waals surface area contributed by atoms with Crippen LogP contribution in [0.2, 0.25) is 0 Å². The van der Waals surface area contributed by atoms with Gasteiger partial charge in [0.2, 0.25) is 5.67 Å². The van der Waals surface area contributed by atoms with E-state index in [9.17, 15) is 23.7 Å². The minimum Gasteiger partial charge on any atom is -0.463 e. The lowest BCUT2D eigenvalue weighted by Crippen LogP contribution is -2.49. The van der Waals surface area contributed by atoms with Crippen LogP contribution < -0.4 is 10.1 Å². The van der Waals surface area contributed by atoms with E-state index in [1.807, 2.05) is 0 Å². The fraction of sp³-hybridized carbons (Fsp3) is 0.522. The quantitative estimate of drug-likeness (QED) is 0.230. The zero-order chi connectivity index (χ0) is 28.3. The number of nitrogens with one attached hydrogen (secondary N) is 1. The van der Waals surface area contributed by atoms with Gasteiger partial charge in [0.15, 0.2) is 17.1 Å². The largest absolute Gasteiger partial charge is 0.463 e. The van der Waals surface area contributed by atoms with E-state index in [4.69, 9.17) is 30.7 Å². The molecule has 2 aromatic rings. The van der Waals surface area contributed by atoms with E-state index in [-0.39, 0.29) is 5.75 Å². The van der Waals surface area contributed by atoms with E-state index >= 15 is 8.78 Å². The Bertz CT molecular complexity index is 1300. The molecule has 0 radical (unpaired) electrons. The average Bonchev–Trinajstić information content (AvgIpc) is 3.05. The summed E-state index contributed by atoms with van der Waals surface area (Å²) in [5.41, 5.74) is -4.03. The van der Waals surface area contributed by atoms with Crippen molar-refractivity contribution in [2.24, 2.45) is 5.92 Å². The minimum absolute atomic E-state index is 0.0575. The van der Waals surface area contributed by atoms with Gasteiger partial charge in [-0.25, -0.2) is 17.7 Å². The first-order valence-corrected chi connectivity index (χ1v) is 13.7. The highest BCUT2D eigenvalue weighted by atomic mass is 32.1. The second-order valence-corrected chi connectivity index (χ2v) is 11.5. The van der Waals surface area contributed by atoms with E-state index in [1.165, 1.54) is 19.1 Å². The van der Waals surface area contributed by atoms with Crippen molar-refractivity contribution in [2.45, 2.75) is 50.7 Å². The number of hydrogen-bond donors (Lipinski definition) is 2. The maximum atomic E-state index is 15.9. The molecule has 1 aliphatic rings. The van der Waals surface area contributed by atoms with Gasteiger partial charge in [0.25, 0.3) is 11.4 Å². The highest BCUT2D eigenvalue weighted by molar-refractivity contribution is 7.71. The first-order chi connectivity index (χ1) is 17.7. The first kappa shape index (κ1) is 30.0. The maximum Gasteiger partial charge on any atom is 0.380 e. The van der Waals surface area contributed by atoms with Crippen molar-refractivity contribution >= 4 is 25.8 Å². The molecule has 2 N–H and O–H groups in total. The molecule has 1 aliphatic heterocycles. The third-order valence-corrected chi connectivity index (χ3v) is 7.91. The molecule has 15 heteroatoms. The summed E-state index contributed by atoms with van der Waals surface area (Å²) in [6.07, 6.45) is -5.02. The number of halogens is 3.